The quantitative estimate of drug-likeness (QED) is 0.618. The molecular formula is C13H19N3O4S. The van der Waals surface area contributed by atoms with E-state index in [0.29, 0.717) is 19.1 Å². The van der Waals surface area contributed by atoms with Gasteiger partial charge in [0.2, 0.25) is 10.0 Å². The third-order valence-corrected chi connectivity index (χ3v) is 5.71. The summed E-state index contributed by atoms with van der Waals surface area (Å²) in [6.07, 6.45) is 1.53. The van der Waals surface area contributed by atoms with Crippen molar-refractivity contribution >= 4 is 15.7 Å². The minimum atomic E-state index is -3.66. The molecule has 1 fully saturated rings. The van der Waals surface area contributed by atoms with E-state index in [1.165, 1.54) is 22.5 Å². The first-order valence-electron chi connectivity index (χ1n) is 6.73. The number of non-ortho nitro benzene ring substituents is 1. The molecule has 1 aliphatic heterocycles. The fourth-order valence-electron chi connectivity index (χ4n) is 2.51. The lowest BCUT2D eigenvalue weighted by molar-refractivity contribution is -0.385. The van der Waals surface area contributed by atoms with Crippen LogP contribution in [0.2, 0.25) is 0 Å². The zero-order chi connectivity index (χ0) is 15.6. The maximum absolute atomic E-state index is 12.5. The van der Waals surface area contributed by atoms with Gasteiger partial charge in [-0.25, -0.2) is 8.42 Å². The van der Waals surface area contributed by atoms with Gasteiger partial charge in [-0.1, -0.05) is 6.07 Å². The SMILES string of the molecule is CN(C)C1CCN(S(=O)(=O)c2cccc([N+](=O)[O-])c2)CC1. The predicted molar refractivity (Wildman–Crippen MR) is 78.6 cm³/mol. The lowest BCUT2D eigenvalue weighted by atomic mass is 10.1. The van der Waals surface area contributed by atoms with Gasteiger partial charge in [0.1, 0.15) is 0 Å². The van der Waals surface area contributed by atoms with Gasteiger partial charge in [0.05, 0.1) is 9.82 Å². The molecule has 0 saturated carbocycles. The van der Waals surface area contributed by atoms with Gasteiger partial charge < -0.3 is 4.90 Å². The Bertz CT molecular complexity index is 622. The molecule has 8 heteroatoms. The normalized spacial score (nSPS) is 18.0. The number of piperidine rings is 1. The van der Waals surface area contributed by atoms with Gasteiger partial charge in [-0.05, 0) is 33.0 Å². The number of rotatable bonds is 4. The first-order chi connectivity index (χ1) is 9.82. The molecule has 2 rings (SSSR count). The topological polar surface area (TPSA) is 83.8 Å². The Balaban J connectivity index is 2.19. The van der Waals surface area contributed by atoms with Crippen LogP contribution in [0, 0.1) is 10.1 Å². The number of hydrogen-bond acceptors (Lipinski definition) is 5. The highest BCUT2D eigenvalue weighted by molar-refractivity contribution is 7.89. The number of nitro benzene ring substituents is 1. The monoisotopic (exact) mass is 313 g/mol. The first kappa shape index (κ1) is 15.9. The van der Waals surface area contributed by atoms with Crippen molar-refractivity contribution in [1.29, 1.82) is 0 Å². The molecule has 0 spiro atoms. The first-order valence-corrected chi connectivity index (χ1v) is 8.17. The molecule has 0 aliphatic carbocycles. The van der Waals surface area contributed by atoms with Crippen LogP contribution >= 0.6 is 0 Å². The van der Waals surface area contributed by atoms with E-state index in [4.69, 9.17) is 0 Å². The highest BCUT2D eigenvalue weighted by Gasteiger charge is 2.30. The van der Waals surface area contributed by atoms with Crippen LogP contribution in [0.15, 0.2) is 29.2 Å². The maximum atomic E-state index is 12.5. The van der Waals surface area contributed by atoms with Gasteiger partial charge >= 0.3 is 0 Å². The molecule has 0 N–H and O–H groups in total. The zero-order valence-electron chi connectivity index (χ0n) is 12.1. The van der Waals surface area contributed by atoms with E-state index in [9.17, 15) is 18.5 Å². The third-order valence-electron chi connectivity index (χ3n) is 3.82. The summed E-state index contributed by atoms with van der Waals surface area (Å²) in [5.41, 5.74) is -0.209. The average molecular weight is 313 g/mol. The van der Waals surface area contributed by atoms with E-state index >= 15 is 0 Å². The number of nitrogens with zero attached hydrogens (tertiary/aromatic N) is 3. The van der Waals surface area contributed by atoms with Crippen LogP contribution in [0.5, 0.6) is 0 Å². The van der Waals surface area contributed by atoms with E-state index in [0.717, 1.165) is 18.9 Å². The van der Waals surface area contributed by atoms with Crippen LogP contribution in [0.3, 0.4) is 0 Å². The van der Waals surface area contributed by atoms with Crippen LogP contribution in [0.1, 0.15) is 12.8 Å². The Morgan fingerprint density at radius 3 is 2.43 bits per heavy atom. The van der Waals surface area contributed by atoms with Crippen molar-refractivity contribution in [1.82, 2.24) is 9.21 Å². The number of hydrogen-bond donors (Lipinski definition) is 0. The molecule has 1 aromatic carbocycles. The second-order valence-corrected chi connectivity index (χ2v) is 7.29. The second kappa shape index (κ2) is 6.08. The van der Waals surface area contributed by atoms with Crippen molar-refractivity contribution in [2.45, 2.75) is 23.8 Å². The smallest absolute Gasteiger partial charge is 0.270 e. The molecular weight excluding hydrogens is 294 g/mol. The lowest BCUT2D eigenvalue weighted by Crippen LogP contribution is -2.44. The van der Waals surface area contributed by atoms with E-state index in [2.05, 4.69) is 4.90 Å². The highest BCUT2D eigenvalue weighted by Crippen LogP contribution is 2.24. The van der Waals surface area contributed by atoms with Crippen molar-refractivity contribution in [2.75, 3.05) is 27.2 Å². The van der Waals surface area contributed by atoms with Gasteiger partial charge in [0.15, 0.2) is 0 Å². The molecule has 1 aliphatic rings. The van der Waals surface area contributed by atoms with E-state index < -0.39 is 14.9 Å². The Morgan fingerprint density at radius 1 is 1.29 bits per heavy atom. The molecule has 1 saturated heterocycles. The summed E-state index contributed by atoms with van der Waals surface area (Å²) in [4.78, 5) is 12.3. The average Bonchev–Trinajstić information content (AvgIpc) is 2.47. The molecule has 0 bridgehead atoms. The summed E-state index contributed by atoms with van der Waals surface area (Å²) in [6.45, 7) is 0.877. The molecule has 0 amide bonds. The lowest BCUT2D eigenvalue weighted by Gasteiger charge is -2.34. The van der Waals surface area contributed by atoms with Crippen molar-refractivity contribution in [3.8, 4) is 0 Å². The summed E-state index contributed by atoms with van der Waals surface area (Å²) in [5.74, 6) is 0. The molecule has 116 valence electrons. The molecule has 21 heavy (non-hydrogen) atoms. The van der Waals surface area contributed by atoms with Gasteiger partial charge in [-0.15, -0.1) is 0 Å². The van der Waals surface area contributed by atoms with Gasteiger partial charge in [-0.2, -0.15) is 4.31 Å². The fraction of sp³-hybridized carbons (Fsp3) is 0.538. The summed E-state index contributed by atoms with van der Waals surface area (Å²) in [6, 6.07) is 5.59. The molecule has 1 heterocycles. The van der Waals surface area contributed by atoms with Crippen LogP contribution in [-0.2, 0) is 10.0 Å². The Labute approximate surface area is 124 Å². The molecule has 0 unspecified atom stereocenters. The third kappa shape index (κ3) is 3.39. The Kier molecular flexibility index (Phi) is 4.60. The molecule has 7 nitrogen and oxygen atoms in total. The van der Waals surface area contributed by atoms with Crippen LogP contribution in [0.4, 0.5) is 5.69 Å². The number of sulfonamides is 1. The standard InChI is InChI=1S/C13H19N3O4S/c1-14(2)11-6-8-15(9-7-11)21(19,20)13-5-3-4-12(10-13)16(17)18/h3-5,10-11H,6-9H2,1-2H3. The number of benzene rings is 1. The molecule has 0 atom stereocenters. The Hall–Kier alpha value is -1.51. The fourth-order valence-corrected chi connectivity index (χ4v) is 4.02. The molecule has 0 aromatic heterocycles. The van der Waals surface area contributed by atoms with E-state index in [1.54, 1.807) is 0 Å². The van der Waals surface area contributed by atoms with Crippen molar-refractivity contribution in [2.24, 2.45) is 0 Å². The minimum Gasteiger partial charge on any atom is -0.306 e. The molecule has 1 aromatic rings. The summed E-state index contributed by atoms with van der Waals surface area (Å²) in [5, 5.41) is 10.8. The van der Waals surface area contributed by atoms with Gasteiger partial charge in [-0.3, -0.25) is 10.1 Å². The van der Waals surface area contributed by atoms with Crippen LogP contribution in [0.25, 0.3) is 0 Å². The minimum absolute atomic E-state index is 0.0139. The summed E-state index contributed by atoms with van der Waals surface area (Å²) >= 11 is 0. The molecule has 0 radical (unpaired) electrons. The summed E-state index contributed by atoms with van der Waals surface area (Å²) in [7, 11) is 0.306. The van der Waals surface area contributed by atoms with Crippen LogP contribution < -0.4 is 0 Å². The predicted octanol–water partition coefficient (Wildman–Crippen LogP) is 1.31. The Morgan fingerprint density at radius 2 is 1.90 bits per heavy atom. The largest absolute Gasteiger partial charge is 0.306 e. The highest BCUT2D eigenvalue weighted by atomic mass is 32.2. The summed E-state index contributed by atoms with van der Waals surface area (Å²) < 4.78 is 26.5. The van der Waals surface area contributed by atoms with Crippen molar-refractivity contribution < 1.29 is 13.3 Å². The van der Waals surface area contributed by atoms with Gasteiger partial charge in [0.25, 0.3) is 5.69 Å². The maximum Gasteiger partial charge on any atom is 0.270 e. The van der Waals surface area contributed by atoms with Gasteiger partial charge in [0, 0.05) is 31.3 Å². The second-order valence-electron chi connectivity index (χ2n) is 5.35. The van der Waals surface area contributed by atoms with Crippen molar-refractivity contribution in [3.05, 3.63) is 34.4 Å². The zero-order valence-corrected chi connectivity index (χ0v) is 12.9. The van der Waals surface area contributed by atoms with Crippen LogP contribution in [-0.4, -0.2) is 55.8 Å². The van der Waals surface area contributed by atoms with E-state index in [-0.39, 0.29) is 10.6 Å². The van der Waals surface area contributed by atoms with E-state index in [1.807, 2.05) is 14.1 Å². The number of nitro groups is 1. The van der Waals surface area contributed by atoms with Crippen molar-refractivity contribution in [3.63, 3.8) is 0 Å².